The minimum absolute atomic E-state index is 0.118. The lowest BCUT2D eigenvalue weighted by molar-refractivity contribution is -0.138. The molecule has 5 heteroatoms. The van der Waals surface area contributed by atoms with Crippen LogP contribution in [0.3, 0.4) is 0 Å². The minimum atomic E-state index is -0.775. The molecule has 2 unspecified atom stereocenters. The van der Waals surface area contributed by atoms with E-state index in [-0.39, 0.29) is 12.5 Å². The summed E-state index contributed by atoms with van der Waals surface area (Å²) >= 11 is 0. The van der Waals surface area contributed by atoms with E-state index in [1.165, 1.54) is 19.4 Å². The van der Waals surface area contributed by atoms with Crippen molar-refractivity contribution in [2.75, 3.05) is 33.3 Å². The maximum atomic E-state index is 10.5. The van der Waals surface area contributed by atoms with E-state index in [0.29, 0.717) is 12.6 Å². The molecule has 2 saturated heterocycles. The number of carbonyl (C=O) groups is 1. The molecule has 2 heterocycles. The van der Waals surface area contributed by atoms with Gasteiger partial charge in [0.1, 0.15) is 0 Å². The first kappa shape index (κ1) is 15.7. The molecule has 0 aliphatic carbocycles. The molecule has 0 amide bonds. The van der Waals surface area contributed by atoms with Gasteiger partial charge in [-0.2, -0.15) is 0 Å². The highest BCUT2D eigenvalue weighted by atomic mass is 16.5. The van der Waals surface area contributed by atoms with E-state index in [2.05, 4.69) is 23.8 Å². The average molecular weight is 284 g/mol. The van der Waals surface area contributed by atoms with Crippen LogP contribution in [-0.2, 0) is 9.53 Å². The molecule has 116 valence electrons. The van der Waals surface area contributed by atoms with Gasteiger partial charge in [-0.25, -0.2) is 0 Å². The third-order valence-electron chi connectivity index (χ3n) is 4.84. The van der Waals surface area contributed by atoms with Gasteiger partial charge in [0, 0.05) is 25.2 Å². The van der Waals surface area contributed by atoms with Crippen molar-refractivity contribution < 1.29 is 14.6 Å². The van der Waals surface area contributed by atoms with Gasteiger partial charge in [0.25, 0.3) is 0 Å². The Hall–Kier alpha value is -0.650. The van der Waals surface area contributed by atoms with Crippen LogP contribution >= 0.6 is 0 Å². The predicted molar refractivity (Wildman–Crippen MR) is 77.9 cm³/mol. The molecular formula is C15H28N2O3. The van der Waals surface area contributed by atoms with Crippen LogP contribution in [0, 0.1) is 0 Å². The minimum Gasteiger partial charge on any atom is -0.481 e. The van der Waals surface area contributed by atoms with Gasteiger partial charge in [-0.3, -0.25) is 4.79 Å². The van der Waals surface area contributed by atoms with Gasteiger partial charge in [-0.05, 0) is 46.2 Å². The van der Waals surface area contributed by atoms with E-state index in [4.69, 9.17) is 9.84 Å². The highest BCUT2D eigenvalue weighted by Crippen LogP contribution is 2.24. The predicted octanol–water partition coefficient (Wildman–Crippen LogP) is 1.42. The second-order valence-electron chi connectivity index (χ2n) is 6.26. The summed E-state index contributed by atoms with van der Waals surface area (Å²) < 4.78 is 5.65. The number of carboxylic acids is 1. The third-order valence-corrected chi connectivity index (χ3v) is 4.84. The van der Waals surface area contributed by atoms with E-state index in [1.807, 2.05) is 0 Å². The van der Waals surface area contributed by atoms with Gasteiger partial charge in [-0.1, -0.05) is 0 Å². The fraction of sp³-hybridized carbons (Fsp3) is 0.933. The summed E-state index contributed by atoms with van der Waals surface area (Å²) in [6, 6.07) is 1.40. The SMILES string of the molecule is CC1CC(N2CCC(OCCC(=O)O)CC2)CCN1C. The van der Waals surface area contributed by atoms with Crippen molar-refractivity contribution in [3.05, 3.63) is 0 Å². The van der Waals surface area contributed by atoms with Gasteiger partial charge in [-0.15, -0.1) is 0 Å². The zero-order chi connectivity index (χ0) is 14.5. The molecule has 0 aromatic rings. The lowest BCUT2D eigenvalue weighted by Crippen LogP contribution is -2.50. The number of aliphatic carboxylic acids is 1. The Morgan fingerprint density at radius 2 is 1.95 bits per heavy atom. The fourth-order valence-corrected chi connectivity index (χ4v) is 3.32. The van der Waals surface area contributed by atoms with Crippen molar-refractivity contribution >= 4 is 5.97 Å². The van der Waals surface area contributed by atoms with Crippen LogP contribution in [0.5, 0.6) is 0 Å². The van der Waals surface area contributed by atoms with Crippen LogP contribution in [0.15, 0.2) is 0 Å². The molecule has 5 nitrogen and oxygen atoms in total. The summed E-state index contributed by atoms with van der Waals surface area (Å²) in [6.07, 6.45) is 4.99. The zero-order valence-corrected chi connectivity index (χ0v) is 12.8. The highest BCUT2D eigenvalue weighted by Gasteiger charge is 2.30. The monoisotopic (exact) mass is 284 g/mol. The Morgan fingerprint density at radius 3 is 2.55 bits per heavy atom. The fourth-order valence-electron chi connectivity index (χ4n) is 3.32. The number of nitrogens with zero attached hydrogens (tertiary/aromatic N) is 2. The molecule has 2 aliphatic heterocycles. The Morgan fingerprint density at radius 1 is 1.25 bits per heavy atom. The van der Waals surface area contributed by atoms with Crippen molar-refractivity contribution in [2.45, 2.75) is 57.2 Å². The second-order valence-corrected chi connectivity index (χ2v) is 6.26. The van der Waals surface area contributed by atoms with Gasteiger partial charge in [0.05, 0.1) is 19.1 Å². The Kier molecular flexibility index (Phi) is 5.81. The van der Waals surface area contributed by atoms with Gasteiger partial charge in [0.15, 0.2) is 0 Å². The van der Waals surface area contributed by atoms with Crippen LogP contribution in [0.2, 0.25) is 0 Å². The summed E-state index contributed by atoms with van der Waals surface area (Å²) in [6.45, 7) is 6.05. The number of piperidine rings is 2. The first-order chi connectivity index (χ1) is 9.56. The lowest BCUT2D eigenvalue weighted by atomic mass is 9.95. The summed E-state index contributed by atoms with van der Waals surface area (Å²) in [5, 5.41) is 8.61. The normalized spacial score (nSPS) is 30.5. The summed E-state index contributed by atoms with van der Waals surface area (Å²) in [5.74, 6) is -0.775. The Bertz CT molecular complexity index is 316. The maximum absolute atomic E-state index is 10.5. The molecule has 2 aliphatic rings. The largest absolute Gasteiger partial charge is 0.481 e. The highest BCUT2D eigenvalue weighted by molar-refractivity contribution is 5.66. The number of hydrogen-bond donors (Lipinski definition) is 1. The van der Waals surface area contributed by atoms with E-state index >= 15 is 0 Å². The molecule has 2 fully saturated rings. The molecule has 0 bridgehead atoms. The second kappa shape index (κ2) is 7.38. The van der Waals surface area contributed by atoms with Gasteiger partial charge in [0.2, 0.25) is 0 Å². The topological polar surface area (TPSA) is 53.0 Å². The molecule has 0 aromatic heterocycles. The Balaban J connectivity index is 1.67. The molecular weight excluding hydrogens is 256 g/mol. The zero-order valence-electron chi connectivity index (χ0n) is 12.8. The summed E-state index contributed by atoms with van der Waals surface area (Å²) in [7, 11) is 2.21. The number of carboxylic acid groups (broad SMARTS) is 1. The standard InChI is InChI=1S/C15H28N2O3/c1-12-11-13(3-7-16(12)2)17-8-4-14(5-9-17)20-10-6-15(18)19/h12-14H,3-11H2,1-2H3,(H,18,19). The lowest BCUT2D eigenvalue weighted by Gasteiger charge is -2.43. The van der Waals surface area contributed by atoms with Crippen LogP contribution < -0.4 is 0 Å². The van der Waals surface area contributed by atoms with Crippen molar-refractivity contribution in [1.82, 2.24) is 9.80 Å². The maximum Gasteiger partial charge on any atom is 0.305 e. The first-order valence-electron chi connectivity index (χ1n) is 7.84. The van der Waals surface area contributed by atoms with Crippen LogP contribution in [0.1, 0.15) is 39.0 Å². The molecule has 20 heavy (non-hydrogen) atoms. The molecule has 0 radical (unpaired) electrons. The van der Waals surface area contributed by atoms with Crippen LogP contribution in [-0.4, -0.2) is 72.4 Å². The first-order valence-corrected chi connectivity index (χ1v) is 7.84. The molecule has 1 N–H and O–H groups in total. The smallest absolute Gasteiger partial charge is 0.305 e. The number of likely N-dealkylation sites (tertiary alicyclic amines) is 2. The number of rotatable bonds is 5. The van der Waals surface area contributed by atoms with E-state index in [9.17, 15) is 4.79 Å². The van der Waals surface area contributed by atoms with E-state index < -0.39 is 5.97 Å². The van der Waals surface area contributed by atoms with E-state index in [0.717, 1.165) is 32.0 Å². The van der Waals surface area contributed by atoms with E-state index in [1.54, 1.807) is 0 Å². The van der Waals surface area contributed by atoms with Crippen LogP contribution in [0.25, 0.3) is 0 Å². The van der Waals surface area contributed by atoms with Crippen molar-refractivity contribution in [3.8, 4) is 0 Å². The molecule has 2 atom stereocenters. The van der Waals surface area contributed by atoms with Crippen molar-refractivity contribution in [3.63, 3.8) is 0 Å². The molecule has 0 aromatic carbocycles. The molecule has 0 spiro atoms. The number of hydrogen-bond acceptors (Lipinski definition) is 4. The molecule has 0 saturated carbocycles. The summed E-state index contributed by atoms with van der Waals surface area (Å²) in [4.78, 5) is 15.5. The quantitative estimate of drug-likeness (QED) is 0.827. The van der Waals surface area contributed by atoms with Gasteiger partial charge < -0.3 is 19.6 Å². The van der Waals surface area contributed by atoms with Gasteiger partial charge >= 0.3 is 5.97 Å². The molecule has 2 rings (SSSR count). The number of ether oxygens (including phenoxy) is 1. The summed E-state index contributed by atoms with van der Waals surface area (Å²) in [5.41, 5.74) is 0. The van der Waals surface area contributed by atoms with Crippen molar-refractivity contribution in [1.29, 1.82) is 0 Å². The Labute approximate surface area is 121 Å². The van der Waals surface area contributed by atoms with Crippen molar-refractivity contribution in [2.24, 2.45) is 0 Å². The average Bonchev–Trinajstić information content (AvgIpc) is 2.42. The third kappa shape index (κ3) is 4.43. The van der Waals surface area contributed by atoms with Crippen LogP contribution in [0.4, 0.5) is 0 Å².